The summed E-state index contributed by atoms with van der Waals surface area (Å²) >= 11 is 6.12. The Morgan fingerprint density at radius 3 is 2.56 bits per heavy atom. The molecule has 4 nitrogen and oxygen atoms in total. The number of amides is 1. The van der Waals surface area contributed by atoms with Crippen molar-refractivity contribution in [1.29, 1.82) is 5.26 Å². The fourth-order valence-electron chi connectivity index (χ4n) is 2.49. The van der Waals surface area contributed by atoms with Gasteiger partial charge in [0.05, 0.1) is 25.3 Å². The third-order valence-electron chi connectivity index (χ3n) is 3.87. The first-order chi connectivity index (χ1) is 12.1. The Bertz CT molecular complexity index is 766. The average Bonchev–Trinajstić information content (AvgIpc) is 2.64. The number of ether oxygens (including phenoxy) is 1. The van der Waals surface area contributed by atoms with Crippen molar-refractivity contribution in [3.05, 3.63) is 58.6 Å². The molecule has 1 amide bonds. The summed E-state index contributed by atoms with van der Waals surface area (Å²) in [4.78, 5) is 14.4. The van der Waals surface area contributed by atoms with E-state index in [2.05, 4.69) is 6.07 Å². The van der Waals surface area contributed by atoms with E-state index in [1.165, 1.54) is 0 Å². The lowest BCUT2D eigenvalue weighted by atomic mass is 10.1. The Hall–Kier alpha value is -2.51. The fraction of sp³-hybridized carbons (Fsp3) is 0.300. The molecule has 2 aromatic carbocycles. The molecule has 2 aromatic rings. The summed E-state index contributed by atoms with van der Waals surface area (Å²) in [6.45, 7) is 2.46. The average molecular weight is 357 g/mol. The van der Waals surface area contributed by atoms with Crippen molar-refractivity contribution in [3.8, 4) is 11.8 Å². The van der Waals surface area contributed by atoms with Crippen LogP contribution in [0.4, 0.5) is 5.69 Å². The van der Waals surface area contributed by atoms with Crippen molar-refractivity contribution in [1.82, 2.24) is 0 Å². The number of anilines is 1. The van der Waals surface area contributed by atoms with E-state index in [-0.39, 0.29) is 5.91 Å². The van der Waals surface area contributed by atoms with Crippen LogP contribution in [0, 0.1) is 11.3 Å². The predicted molar refractivity (Wildman–Crippen MR) is 99.9 cm³/mol. The van der Waals surface area contributed by atoms with Crippen LogP contribution < -0.4 is 9.64 Å². The molecule has 0 atom stereocenters. The van der Waals surface area contributed by atoms with E-state index in [0.29, 0.717) is 29.2 Å². The monoisotopic (exact) mass is 356 g/mol. The zero-order chi connectivity index (χ0) is 18.2. The van der Waals surface area contributed by atoms with Gasteiger partial charge in [0.15, 0.2) is 0 Å². The molecule has 25 heavy (non-hydrogen) atoms. The van der Waals surface area contributed by atoms with Crippen LogP contribution in [-0.4, -0.2) is 13.0 Å². The van der Waals surface area contributed by atoms with E-state index in [1.54, 1.807) is 30.2 Å². The maximum atomic E-state index is 12.7. The summed E-state index contributed by atoms with van der Waals surface area (Å²) in [6, 6.07) is 14.7. The van der Waals surface area contributed by atoms with E-state index >= 15 is 0 Å². The number of benzene rings is 2. The van der Waals surface area contributed by atoms with Crippen molar-refractivity contribution in [2.24, 2.45) is 0 Å². The Labute approximate surface area is 153 Å². The summed E-state index contributed by atoms with van der Waals surface area (Å²) in [6.07, 6.45) is 2.23. The molecule has 0 bridgehead atoms. The van der Waals surface area contributed by atoms with Gasteiger partial charge in [-0.1, -0.05) is 37.1 Å². The lowest BCUT2D eigenvalue weighted by Gasteiger charge is -2.24. The summed E-state index contributed by atoms with van der Waals surface area (Å²) in [7, 11) is 1.62. The summed E-state index contributed by atoms with van der Waals surface area (Å²) < 4.78 is 5.17. The van der Waals surface area contributed by atoms with Crippen molar-refractivity contribution < 1.29 is 9.53 Å². The SMILES string of the molecule is CCCCC(=O)N(Cc1ccc(OC)cc1)c1cc(Cl)cc(C#N)c1. The highest BCUT2D eigenvalue weighted by molar-refractivity contribution is 6.31. The Kier molecular flexibility index (Phi) is 6.85. The first-order valence-corrected chi connectivity index (χ1v) is 8.59. The number of halogens is 1. The highest BCUT2D eigenvalue weighted by Crippen LogP contribution is 2.25. The molecule has 0 spiro atoms. The molecule has 0 saturated carbocycles. The van der Waals surface area contributed by atoms with Gasteiger partial charge in [-0.25, -0.2) is 0 Å². The highest BCUT2D eigenvalue weighted by atomic mass is 35.5. The van der Waals surface area contributed by atoms with Crippen LogP contribution >= 0.6 is 11.6 Å². The second kappa shape index (κ2) is 9.10. The first-order valence-electron chi connectivity index (χ1n) is 8.21. The van der Waals surface area contributed by atoms with Gasteiger partial charge < -0.3 is 9.64 Å². The van der Waals surface area contributed by atoms with Gasteiger partial charge in [-0.15, -0.1) is 0 Å². The largest absolute Gasteiger partial charge is 0.497 e. The molecule has 0 heterocycles. The molecular weight excluding hydrogens is 336 g/mol. The number of unbranched alkanes of at least 4 members (excludes halogenated alkanes) is 1. The Balaban J connectivity index is 2.33. The van der Waals surface area contributed by atoms with E-state index in [0.717, 1.165) is 24.2 Å². The molecule has 0 fully saturated rings. The Morgan fingerprint density at radius 1 is 1.24 bits per heavy atom. The van der Waals surface area contributed by atoms with Crippen molar-refractivity contribution >= 4 is 23.2 Å². The normalized spacial score (nSPS) is 10.2. The smallest absolute Gasteiger partial charge is 0.227 e. The van der Waals surface area contributed by atoms with Crippen LogP contribution in [0.3, 0.4) is 0 Å². The minimum Gasteiger partial charge on any atom is -0.497 e. The minimum absolute atomic E-state index is 0.0174. The van der Waals surface area contributed by atoms with E-state index in [9.17, 15) is 4.79 Å². The molecule has 0 aliphatic heterocycles. The molecule has 5 heteroatoms. The second-order valence-corrected chi connectivity index (χ2v) is 6.18. The van der Waals surface area contributed by atoms with Gasteiger partial charge in [0.2, 0.25) is 5.91 Å². The van der Waals surface area contributed by atoms with Crippen LogP contribution in [0.25, 0.3) is 0 Å². The summed E-state index contributed by atoms with van der Waals surface area (Å²) in [5, 5.41) is 9.61. The van der Waals surface area contributed by atoms with Crippen molar-refractivity contribution in [3.63, 3.8) is 0 Å². The van der Waals surface area contributed by atoms with Gasteiger partial charge >= 0.3 is 0 Å². The third kappa shape index (κ3) is 5.23. The fourth-order valence-corrected chi connectivity index (χ4v) is 2.72. The van der Waals surface area contributed by atoms with Crippen LogP contribution in [0.1, 0.15) is 37.3 Å². The molecule has 0 N–H and O–H groups in total. The molecular formula is C20H21ClN2O2. The van der Waals surface area contributed by atoms with Gasteiger partial charge in [-0.3, -0.25) is 4.79 Å². The molecule has 0 aromatic heterocycles. The number of hydrogen-bond acceptors (Lipinski definition) is 3. The van der Waals surface area contributed by atoms with Gasteiger partial charge in [-0.2, -0.15) is 5.26 Å². The minimum atomic E-state index is 0.0174. The predicted octanol–water partition coefficient (Wildman–Crippen LogP) is 4.94. The zero-order valence-corrected chi connectivity index (χ0v) is 15.2. The summed E-state index contributed by atoms with van der Waals surface area (Å²) in [5.41, 5.74) is 2.05. The van der Waals surface area contributed by atoms with Crippen LogP contribution in [-0.2, 0) is 11.3 Å². The number of nitriles is 1. The van der Waals surface area contributed by atoms with E-state index in [1.807, 2.05) is 31.2 Å². The van der Waals surface area contributed by atoms with Crippen LogP contribution in [0.5, 0.6) is 5.75 Å². The first kappa shape index (κ1) is 18.8. The number of carbonyl (C=O) groups excluding carboxylic acids is 1. The number of hydrogen-bond donors (Lipinski definition) is 0. The molecule has 130 valence electrons. The van der Waals surface area contributed by atoms with Crippen molar-refractivity contribution in [2.75, 3.05) is 12.0 Å². The number of carbonyl (C=O) groups is 1. The maximum Gasteiger partial charge on any atom is 0.227 e. The quantitative estimate of drug-likeness (QED) is 0.705. The van der Waals surface area contributed by atoms with E-state index < -0.39 is 0 Å². The number of rotatable bonds is 7. The molecule has 0 radical (unpaired) electrons. The second-order valence-electron chi connectivity index (χ2n) is 5.74. The highest BCUT2D eigenvalue weighted by Gasteiger charge is 2.17. The molecule has 0 saturated heterocycles. The van der Waals surface area contributed by atoms with Crippen LogP contribution in [0.15, 0.2) is 42.5 Å². The molecule has 0 aliphatic carbocycles. The van der Waals surface area contributed by atoms with Gasteiger partial charge in [0.1, 0.15) is 5.75 Å². The number of methoxy groups -OCH3 is 1. The van der Waals surface area contributed by atoms with Gasteiger partial charge in [-0.05, 0) is 42.3 Å². The van der Waals surface area contributed by atoms with Crippen molar-refractivity contribution in [2.45, 2.75) is 32.7 Å². The standard InChI is InChI=1S/C20H21ClN2O2/c1-3-4-5-20(24)23(14-15-6-8-19(25-2)9-7-15)18-11-16(13-22)10-17(21)12-18/h6-12H,3-5,14H2,1-2H3. The molecule has 2 rings (SSSR count). The Morgan fingerprint density at radius 2 is 1.96 bits per heavy atom. The topological polar surface area (TPSA) is 53.3 Å². The van der Waals surface area contributed by atoms with Gasteiger partial charge in [0.25, 0.3) is 0 Å². The number of nitrogens with zero attached hydrogens (tertiary/aromatic N) is 2. The molecule has 0 unspecified atom stereocenters. The van der Waals surface area contributed by atoms with Gasteiger partial charge in [0, 0.05) is 17.1 Å². The third-order valence-corrected chi connectivity index (χ3v) is 4.09. The maximum absolute atomic E-state index is 12.7. The lowest BCUT2D eigenvalue weighted by molar-refractivity contribution is -0.118. The summed E-state index contributed by atoms with van der Waals surface area (Å²) in [5.74, 6) is 0.783. The van der Waals surface area contributed by atoms with Crippen LogP contribution in [0.2, 0.25) is 5.02 Å². The van der Waals surface area contributed by atoms with E-state index in [4.69, 9.17) is 21.6 Å². The lowest BCUT2D eigenvalue weighted by Crippen LogP contribution is -2.30. The molecule has 0 aliphatic rings. The zero-order valence-electron chi connectivity index (χ0n) is 14.5.